The van der Waals surface area contributed by atoms with Gasteiger partial charge in [-0.3, -0.25) is 4.68 Å². The predicted molar refractivity (Wildman–Crippen MR) is 67.0 cm³/mol. The minimum absolute atomic E-state index is 0.0744. The van der Waals surface area contributed by atoms with E-state index in [0.29, 0.717) is 0 Å². The standard InChI is InChI=1S/C13H19ClN2O/c1-8-11(12(14)16(2)15-8)6-13(7-17)4-9-3-10(9)5-13/h9-10,17H,3-7H2,1-2H3. The van der Waals surface area contributed by atoms with E-state index in [1.54, 1.807) is 4.68 Å². The third-order valence-electron chi connectivity index (χ3n) is 4.62. The van der Waals surface area contributed by atoms with E-state index < -0.39 is 0 Å². The maximum atomic E-state index is 9.73. The van der Waals surface area contributed by atoms with Crippen LogP contribution >= 0.6 is 11.6 Å². The number of aryl methyl sites for hydroxylation is 2. The molecule has 0 spiro atoms. The van der Waals surface area contributed by atoms with E-state index in [2.05, 4.69) is 5.10 Å². The maximum absolute atomic E-state index is 9.73. The summed E-state index contributed by atoms with van der Waals surface area (Å²) in [6, 6.07) is 0. The van der Waals surface area contributed by atoms with Crippen molar-refractivity contribution in [3.05, 3.63) is 16.4 Å². The second kappa shape index (κ2) is 3.72. The lowest BCUT2D eigenvalue weighted by atomic mass is 9.78. The van der Waals surface area contributed by atoms with Crippen molar-refractivity contribution in [3.8, 4) is 0 Å². The number of aromatic nitrogens is 2. The number of aliphatic hydroxyl groups excluding tert-OH is 1. The van der Waals surface area contributed by atoms with Crippen molar-refractivity contribution < 1.29 is 5.11 Å². The normalized spacial score (nSPS) is 35.1. The minimum Gasteiger partial charge on any atom is -0.396 e. The van der Waals surface area contributed by atoms with Crippen LogP contribution in [0, 0.1) is 24.2 Å². The molecule has 2 saturated carbocycles. The van der Waals surface area contributed by atoms with E-state index in [1.165, 1.54) is 19.3 Å². The number of halogens is 1. The Bertz CT molecular complexity index is 445. The quantitative estimate of drug-likeness (QED) is 0.899. The number of aliphatic hydroxyl groups is 1. The van der Waals surface area contributed by atoms with E-state index >= 15 is 0 Å². The van der Waals surface area contributed by atoms with Crippen molar-refractivity contribution in [2.75, 3.05) is 6.61 Å². The Morgan fingerprint density at radius 1 is 1.47 bits per heavy atom. The smallest absolute Gasteiger partial charge is 0.130 e. The molecular formula is C13H19ClN2O. The molecule has 0 radical (unpaired) electrons. The van der Waals surface area contributed by atoms with Gasteiger partial charge in [0, 0.05) is 19.2 Å². The van der Waals surface area contributed by atoms with Crippen molar-refractivity contribution >= 4 is 11.6 Å². The first kappa shape index (κ1) is 11.5. The van der Waals surface area contributed by atoms with Crippen LogP contribution in [-0.2, 0) is 13.5 Å². The Labute approximate surface area is 107 Å². The summed E-state index contributed by atoms with van der Waals surface area (Å²) in [7, 11) is 1.87. The van der Waals surface area contributed by atoms with Crippen LogP contribution in [0.15, 0.2) is 0 Å². The van der Waals surface area contributed by atoms with Gasteiger partial charge >= 0.3 is 0 Å². The van der Waals surface area contributed by atoms with Crippen molar-refractivity contribution in [2.24, 2.45) is 24.3 Å². The molecule has 1 heterocycles. The third kappa shape index (κ3) is 1.80. The average molecular weight is 255 g/mol. The van der Waals surface area contributed by atoms with Crippen LogP contribution in [0.5, 0.6) is 0 Å². The van der Waals surface area contributed by atoms with Gasteiger partial charge in [0.1, 0.15) is 5.15 Å². The monoisotopic (exact) mass is 254 g/mol. The molecule has 2 unspecified atom stereocenters. The second-order valence-corrected chi connectivity index (χ2v) is 6.34. The lowest BCUT2D eigenvalue weighted by Crippen LogP contribution is -2.26. The number of hydrogen-bond acceptors (Lipinski definition) is 2. The van der Waals surface area contributed by atoms with Crippen LogP contribution in [0.4, 0.5) is 0 Å². The third-order valence-corrected chi connectivity index (χ3v) is 5.09. The molecule has 17 heavy (non-hydrogen) atoms. The number of hydrogen-bond donors (Lipinski definition) is 1. The molecule has 2 aliphatic carbocycles. The fraction of sp³-hybridized carbons (Fsp3) is 0.769. The Morgan fingerprint density at radius 3 is 2.59 bits per heavy atom. The van der Waals surface area contributed by atoms with E-state index in [-0.39, 0.29) is 12.0 Å². The Balaban J connectivity index is 1.85. The molecule has 94 valence electrons. The second-order valence-electron chi connectivity index (χ2n) is 5.98. The molecule has 1 aromatic rings. The molecule has 0 aromatic carbocycles. The first-order valence-electron chi connectivity index (χ1n) is 6.33. The summed E-state index contributed by atoms with van der Waals surface area (Å²) in [5.74, 6) is 1.75. The van der Waals surface area contributed by atoms with Gasteiger partial charge in [-0.2, -0.15) is 5.10 Å². The Morgan fingerprint density at radius 2 is 2.12 bits per heavy atom. The summed E-state index contributed by atoms with van der Waals surface area (Å²) in [6.45, 7) is 2.28. The molecule has 1 N–H and O–H groups in total. The summed E-state index contributed by atoms with van der Waals surface area (Å²) in [6.07, 6.45) is 4.59. The zero-order chi connectivity index (χ0) is 12.2. The van der Waals surface area contributed by atoms with Gasteiger partial charge in [-0.1, -0.05) is 11.6 Å². The molecule has 0 aliphatic heterocycles. The summed E-state index contributed by atoms with van der Waals surface area (Å²) in [5, 5.41) is 14.8. The van der Waals surface area contributed by atoms with Crippen LogP contribution < -0.4 is 0 Å². The van der Waals surface area contributed by atoms with E-state index in [4.69, 9.17) is 11.6 Å². The fourth-order valence-corrected chi connectivity index (χ4v) is 3.83. The van der Waals surface area contributed by atoms with Gasteiger partial charge in [-0.05, 0) is 49.9 Å². The van der Waals surface area contributed by atoms with Crippen molar-refractivity contribution in [3.63, 3.8) is 0 Å². The lowest BCUT2D eigenvalue weighted by Gasteiger charge is -2.28. The van der Waals surface area contributed by atoms with Crippen molar-refractivity contribution in [2.45, 2.75) is 32.6 Å². The molecule has 1 aromatic heterocycles. The molecule has 0 amide bonds. The number of nitrogens with zero attached hydrogens (tertiary/aromatic N) is 2. The predicted octanol–water partition coefficient (Wildman–Crippen LogP) is 2.33. The van der Waals surface area contributed by atoms with Crippen molar-refractivity contribution in [1.82, 2.24) is 9.78 Å². The van der Waals surface area contributed by atoms with E-state index in [9.17, 15) is 5.11 Å². The van der Waals surface area contributed by atoms with Crippen LogP contribution in [-0.4, -0.2) is 21.5 Å². The number of fused-ring (bicyclic) bond motifs is 1. The van der Waals surface area contributed by atoms with Gasteiger partial charge in [0.25, 0.3) is 0 Å². The highest BCUT2D eigenvalue weighted by Crippen LogP contribution is 2.60. The van der Waals surface area contributed by atoms with Crippen molar-refractivity contribution in [1.29, 1.82) is 0 Å². The maximum Gasteiger partial charge on any atom is 0.130 e. The van der Waals surface area contributed by atoms with Crippen LogP contribution in [0.3, 0.4) is 0 Å². The van der Waals surface area contributed by atoms with Gasteiger partial charge in [-0.25, -0.2) is 0 Å². The zero-order valence-electron chi connectivity index (χ0n) is 10.4. The topological polar surface area (TPSA) is 38.0 Å². The SMILES string of the molecule is Cc1nn(C)c(Cl)c1CC1(CO)CC2CC2C1. The van der Waals surface area contributed by atoms with Crippen LogP contribution in [0.25, 0.3) is 0 Å². The van der Waals surface area contributed by atoms with Gasteiger partial charge in [0.15, 0.2) is 0 Å². The van der Waals surface area contributed by atoms with Crippen LogP contribution in [0.1, 0.15) is 30.5 Å². The molecule has 4 heteroatoms. The Kier molecular flexibility index (Phi) is 2.53. The summed E-state index contributed by atoms with van der Waals surface area (Å²) < 4.78 is 1.73. The van der Waals surface area contributed by atoms with Gasteiger partial charge in [0.2, 0.25) is 0 Å². The van der Waals surface area contributed by atoms with E-state index in [1.807, 2.05) is 14.0 Å². The highest BCUT2D eigenvalue weighted by atomic mass is 35.5. The molecule has 2 fully saturated rings. The number of rotatable bonds is 3. The molecular weight excluding hydrogens is 236 g/mol. The first-order chi connectivity index (χ1) is 8.04. The average Bonchev–Trinajstić information content (AvgIpc) is 2.85. The van der Waals surface area contributed by atoms with Gasteiger partial charge < -0.3 is 5.11 Å². The van der Waals surface area contributed by atoms with Gasteiger partial charge in [-0.15, -0.1) is 0 Å². The summed E-state index contributed by atoms with van der Waals surface area (Å²) in [4.78, 5) is 0. The summed E-state index contributed by atoms with van der Waals surface area (Å²) in [5.41, 5.74) is 2.21. The fourth-order valence-electron chi connectivity index (χ4n) is 3.59. The molecule has 3 nitrogen and oxygen atoms in total. The first-order valence-corrected chi connectivity index (χ1v) is 6.71. The van der Waals surface area contributed by atoms with Gasteiger partial charge in [0.05, 0.1) is 5.69 Å². The highest BCUT2D eigenvalue weighted by molar-refractivity contribution is 6.30. The molecule has 2 aliphatic rings. The van der Waals surface area contributed by atoms with Crippen LogP contribution in [0.2, 0.25) is 5.15 Å². The zero-order valence-corrected chi connectivity index (χ0v) is 11.2. The minimum atomic E-state index is 0.0744. The largest absolute Gasteiger partial charge is 0.396 e. The molecule has 2 atom stereocenters. The highest BCUT2D eigenvalue weighted by Gasteiger charge is 2.53. The lowest BCUT2D eigenvalue weighted by molar-refractivity contribution is 0.117. The Hall–Kier alpha value is -0.540. The molecule has 3 rings (SSSR count). The molecule has 0 bridgehead atoms. The van der Waals surface area contributed by atoms with E-state index in [0.717, 1.165) is 34.7 Å². The molecule has 0 saturated heterocycles. The summed E-state index contributed by atoms with van der Waals surface area (Å²) >= 11 is 6.28.